The first kappa shape index (κ1) is 14.6. The van der Waals surface area contributed by atoms with Gasteiger partial charge in [-0.3, -0.25) is 4.79 Å². The molecule has 6 heteroatoms. The number of nitrogen functional groups attached to an aromatic ring is 1. The molecular formula is C10H12LiNO4. The van der Waals surface area contributed by atoms with Crippen molar-refractivity contribution in [1.29, 1.82) is 0 Å². The minimum absolute atomic E-state index is 0. The molecule has 0 saturated heterocycles. The Hall–Kier alpha value is -1.44. The van der Waals surface area contributed by atoms with Gasteiger partial charge in [0.05, 0.1) is 0 Å². The molecule has 0 aromatic heterocycles. The summed E-state index contributed by atoms with van der Waals surface area (Å²) in [5, 5.41) is 8.38. The zero-order chi connectivity index (χ0) is 11.4. The number of carboxylic acid groups (broad SMARTS) is 1. The number of carboxylic acids is 1. The Kier molecular flexibility index (Phi) is 5.65. The van der Waals surface area contributed by atoms with Gasteiger partial charge >= 0.3 is 24.8 Å². The zero-order valence-electron chi connectivity index (χ0n) is 8.19. The molecule has 0 amide bonds. The van der Waals surface area contributed by atoms with Crippen molar-refractivity contribution < 1.29 is 19.4 Å². The van der Waals surface area contributed by atoms with Crippen molar-refractivity contribution in [2.24, 2.45) is 0 Å². The number of hydrogen-bond acceptors (Lipinski definition) is 4. The van der Waals surface area contributed by atoms with E-state index in [-0.39, 0.29) is 30.3 Å². The number of carbonyl (C=O) groups is 2. The van der Waals surface area contributed by atoms with Gasteiger partial charge < -0.3 is 15.6 Å². The Bertz CT molecular complexity index is 406. The van der Waals surface area contributed by atoms with E-state index < -0.39 is 12.6 Å². The molecule has 82 valence electrons. The quantitative estimate of drug-likeness (QED) is 0.429. The fourth-order valence-electron chi connectivity index (χ4n) is 1.10. The fourth-order valence-corrected chi connectivity index (χ4v) is 1.10. The Balaban J connectivity index is 0.00000225. The van der Waals surface area contributed by atoms with Crippen molar-refractivity contribution in [1.82, 2.24) is 0 Å². The third kappa shape index (κ3) is 3.97. The molecule has 0 atom stereocenters. The number of aliphatic carboxylic acids is 1. The third-order valence-corrected chi connectivity index (χ3v) is 1.76. The van der Waals surface area contributed by atoms with Gasteiger partial charge in [0.1, 0.15) is 5.75 Å². The van der Waals surface area contributed by atoms with Crippen LogP contribution in [0.15, 0.2) is 18.2 Å². The van der Waals surface area contributed by atoms with E-state index >= 15 is 0 Å². The molecule has 0 heterocycles. The van der Waals surface area contributed by atoms with Gasteiger partial charge in [-0.1, -0.05) is 0 Å². The Labute approximate surface area is 105 Å². The second-order valence-electron chi connectivity index (χ2n) is 2.99. The van der Waals surface area contributed by atoms with E-state index in [4.69, 9.17) is 15.6 Å². The molecule has 0 spiro atoms. The number of hydrogen-bond donors (Lipinski definition) is 2. The van der Waals surface area contributed by atoms with Gasteiger partial charge in [-0.15, -0.1) is 0 Å². The van der Waals surface area contributed by atoms with E-state index in [9.17, 15) is 9.59 Å². The third-order valence-electron chi connectivity index (χ3n) is 1.76. The van der Waals surface area contributed by atoms with Crippen LogP contribution >= 0.6 is 0 Å². The number of Topliss-reactive ketones (excluding diaryl/α,β-unsaturated/α-hetero) is 1. The summed E-state index contributed by atoms with van der Waals surface area (Å²) in [6, 6.07) is 4.45. The maximum atomic E-state index is 11.0. The molecule has 1 aromatic rings. The summed E-state index contributed by atoms with van der Waals surface area (Å²) in [7, 11) is 0. The number of ether oxygens (including phenoxy) is 1. The van der Waals surface area contributed by atoms with Crippen molar-refractivity contribution in [3.8, 4) is 5.75 Å². The zero-order valence-corrected chi connectivity index (χ0v) is 8.19. The van der Waals surface area contributed by atoms with E-state index in [2.05, 4.69) is 0 Å². The van der Waals surface area contributed by atoms with Crippen molar-refractivity contribution in [2.45, 2.75) is 6.92 Å². The van der Waals surface area contributed by atoms with Crippen molar-refractivity contribution >= 4 is 36.3 Å². The predicted octanol–water partition coefficient (Wildman–Crippen LogP) is 0.286. The average molecular weight is 217 g/mol. The van der Waals surface area contributed by atoms with Gasteiger partial charge in [0.15, 0.2) is 12.4 Å². The molecule has 0 aliphatic heterocycles. The summed E-state index contributed by atoms with van der Waals surface area (Å²) in [5.41, 5.74) is 6.26. The first-order valence-corrected chi connectivity index (χ1v) is 4.25. The summed E-state index contributed by atoms with van der Waals surface area (Å²) in [6.45, 7) is 0.975. The number of carbonyl (C=O) groups excluding carboxylic acids is 1. The summed E-state index contributed by atoms with van der Waals surface area (Å²) in [5.74, 6) is -0.874. The fraction of sp³-hybridized carbons (Fsp3) is 0.200. The first-order valence-electron chi connectivity index (χ1n) is 4.25. The number of nitrogens with two attached hydrogens (primary N) is 1. The number of benzene rings is 1. The van der Waals surface area contributed by atoms with E-state index in [1.165, 1.54) is 25.1 Å². The van der Waals surface area contributed by atoms with Gasteiger partial charge in [-0.2, -0.15) is 0 Å². The molecule has 0 radical (unpaired) electrons. The van der Waals surface area contributed by atoms with Crippen LogP contribution in [-0.2, 0) is 4.79 Å². The van der Waals surface area contributed by atoms with Crippen LogP contribution in [0.1, 0.15) is 17.3 Å². The van der Waals surface area contributed by atoms with Crippen LogP contribution in [0, 0.1) is 0 Å². The normalized spacial score (nSPS) is 9.06. The van der Waals surface area contributed by atoms with Crippen molar-refractivity contribution in [3.05, 3.63) is 23.8 Å². The molecule has 0 bridgehead atoms. The molecule has 0 aliphatic rings. The molecule has 0 fully saturated rings. The topological polar surface area (TPSA) is 89.6 Å². The first-order chi connectivity index (χ1) is 7.00. The molecule has 5 nitrogen and oxygen atoms in total. The van der Waals surface area contributed by atoms with Crippen molar-refractivity contribution in [3.63, 3.8) is 0 Å². The average Bonchev–Trinajstić information content (AvgIpc) is 2.14. The van der Waals surface area contributed by atoms with Crippen LogP contribution in [0.25, 0.3) is 0 Å². The predicted molar refractivity (Wildman–Crippen MR) is 61.1 cm³/mol. The Morgan fingerprint density at radius 2 is 2.06 bits per heavy atom. The summed E-state index contributed by atoms with van der Waals surface area (Å²) in [6.07, 6.45) is 0. The van der Waals surface area contributed by atoms with Crippen LogP contribution in [0.2, 0.25) is 0 Å². The summed E-state index contributed by atoms with van der Waals surface area (Å²) in [4.78, 5) is 21.3. The minimum atomic E-state index is -1.07. The second-order valence-corrected chi connectivity index (χ2v) is 2.99. The second kappa shape index (κ2) is 6.21. The molecule has 0 aliphatic carbocycles. The number of ketones is 1. The van der Waals surface area contributed by atoms with Gasteiger partial charge in [-0.05, 0) is 19.1 Å². The Morgan fingerprint density at radius 1 is 1.44 bits per heavy atom. The van der Waals surface area contributed by atoms with E-state index in [0.717, 1.165) is 0 Å². The summed E-state index contributed by atoms with van der Waals surface area (Å²) < 4.78 is 4.89. The van der Waals surface area contributed by atoms with E-state index in [0.29, 0.717) is 11.3 Å². The van der Waals surface area contributed by atoms with Gasteiger partial charge in [0.2, 0.25) is 0 Å². The van der Waals surface area contributed by atoms with E-state index in [1.807, 2.05) is 0 Å². The van der Waals surface area contributed by atoms with Crippen LogP contribution in [0.4, 0.5) is 5.69 Å². The monoisotopic (exact) mass is 217 g/mol. The van der Waals surface area contributed by atoms with Gasteiger partial charge in [0, 0.05) is 17.3 Å². The molecule has 16 heavy (non-hydrogen) atoms. The number of anilines is 1. The van der Waals surface area contributed by atoms with Crippen LogP contribution in [0.5, 0.6) is 5.75 Å². The maximum absolute atomic E-state index is 11.0. The molecule has 3 N–H and O–H groups in total. The molecular weight excluding hydrogens is 205 g/mol. The molecule has 0 unspecified atom stereocenters. The molecule has 1 aromatic carbocycles. The van der Waals surface area contributed by atoms with Crippen LogP contribution in [-0.4, -0.2) is 42.3 Å². The van der Waals surface area contributed by atoms with Crippen molar-refractivity contribution in [2.75, 3.05) is 12.3 Å². The standard InChI is InChI=1S/C10H11NO4.Li.H/c1-6(12)8-3-2-7(4-9(8)11)15-5-10(13)14;;/h2-4H,5,11H2,1H3,(H,13,14);;. The van der Waals surface area contributed by atoms with Gasteiger partial charge in [0.25, 0.3) is 0 Å². The Morgan fingerprint density at radius 3 is 2.50 bits per heavy atom. The molecule has 1 rings (SSSR count). The SMILES string of the molecule is CC(=O)c1ccc(OCC(=O)O)cc1N.[LiH]. The van der Waals surface area contributed by atoms with Crippen LogP contribution in [0.3, 0.4) is 0 Å². The van der Waals surface area contributed by atoms with Crippen LogP contribution < -0.4 is 10.5 Å². The number of rotatable bonds is 4. The summed E-state index contributed by atoms with van der Waals surface area (Å²) >= 11 is 0. The van der Waals surface area contributed by atoms with Gasteiger partial charge in [-0.25, -0.2) is 4.79 Å². The van der Waals surface area contributed by atoms with E-state index in [1.54, 1.807) is 0 Å². The molecule has 0 saturated carbocycles.